The smallest absolute Gasteiger partial charge is 0.289 e. The van der Waals surface area contributed by atoms with Crippen molar-refractivity contribution in [1.82, 2.24) is 14.6 Å². The fraction of sp³-hybridized carbons (Fsp3) is 0.143. The number of nitro benzene ring substituents is 1. The highest BCUT2D eigenvalue weighted by Gasteiger charge is 2.29. The predicted octanol–water partition coefficient (Wildman–Crippen LogP) is 7.09. The van der Waals surface area contributed by atoms with E-state index >= 15 is 0 Å². The summed E-state index contributed by atoms with van der Waals surface area (Å²) in [5.41, 5.74) is 2.88. The van der Waals surface area contributed by atoms with Gasteiger partial charge in [-0.1, -0.05) is 47.5 Å². The number of ether oxygens (including phenoxy) is 2. The number of sulfonamides is 1. The Bertz CT molecular complexity index is 2750. The van der Waals surface area contributed by atoms with Gasteiger partial charge in [0.05, 0.1) is 40.5 Å². The third kappa shape index (κ3) is 9.70. The summed E-state index contributed by atoms with van der Waals surface area (Å²) in [5.74, 6) is -1.25. The molecule has 0 spiro atoms. The van der Waals surface area contributed by atoms with Crippen LogP contribution in [0.1, 0.15) is 38.3 Å². The lowest BCUT2D eigenvalue weighted by Gasteiger charge is -2.19. The number of hydrogen-bond donors (Lipinski definition) is 2. The second kappa shape index (κ2) is 17.8. The number of nitriles is 1. The molecule has 0 fully saturated rings. The monoisotopic (exact) mass is 853 g/mol. The molecule has 1 aromatic heterocycles. The normalized spacial score (nSPS) is 11.6. The Morgan fingerprint density at radius 2 is 1.56 bits per heavy atom. The number of carbonyl (C=O) groups is 3. The zero-order chi connectivity index (χ0) is 42.4. The van der Waals surface area contributed by atoms with Crippen LogP contribution in [0.3, 0.4) is 0 Å². The van der Waals surface area contributed by atoms with Crippen LogP contribution >= 0.6 is 23.2 Å². The van der Waals surface area contributed by atoms with E-state index in [-0.39, 0.29) is 30.4 Å². The van der Waals surface area contributed by atoms with Crippen LogP contribution in [0.15, 0.2) is 114 Å². The van der Waals surface area contributed by atoms with Crippen LogP contribution in [0.25, 0.3) is 10.9 Å². The van der Waals surface area contributed by atoms with E-state index in [0.29, 0.717) is 55.4 Å². The molecule has 17 heteroatoms. The van der Waals surface area contributed by atoms with E-state index in [1.54, 1.807) is 97.9 Å². The second-order valence-corrected chi connectivity index (χ2v) is 15.7. The van der Waals surface area contributed by atoms with Gasteiger partial charge >= 0.3 is 0 Å². The number of hydrogen-bond acceptors (Lipinski definition) is 10. The van der Waals surface area contributed by atoms with Gasteiger partial charge in [0, 0.05) is 34.2 Å². The number of carbonyl (C=O) groups excluding carboxylic acids is 3. The number of aromatic nitrogens is 1. The standard InChI is InChI=1S/C42H33Cl2N5O9S/c1-25-34(35-20-32(57-2)15-18-38(35)48(25)42(52)29-9-11-30(43)12-10-29)22-40(50)46-37(41(51)47-59(55,56)33-16-17-36(44)39(21-33)49(53)54)19-26-7-13-31(14-8-26)58-24-28-5-3-27(23-45)4-6-28/h3-18,20-21,37H,19,22,24H2,1-2H3,(H,46,50)(H,47,51)/t37-/m0/s1. The molecule has 0 radical (unpaired) electrons. The zero-order valence-electron chi connectivity index (χ0n) is 31.3. The molecule has 0 bridgehead atoms. The van der Waals surface area contributed by atoms with E-state index in [9.17, 15) is 32.9 Å². The van der Waals surface area contributed by atoms with Crippen LogP contribution in [0.2, 0.25) is 10.0 Å². The van der Waals surface area contributed by atoms with E-state index in [1.807, 2.05) is 4.72 Å². The quantitative estimate of drug-likeness (QED) is 0.0842. The number of amides is 2. The molecule has 0 aliphatic carbocycles. The maximum Gasteiger partial charge on any atom is 0.289 e. The summed E-state index contributed by atoms with van der Waals surface area (Å²) in [4.78, 5) is 51.6. The predicted molar refractivity (Wildman–Crippen MR) is 219 cm³/mol. The van der Waals surface area contributed by atoms with Crippen LogP contribution < -0.4 is 19.5 Å². The molecule has 5 aromatic carbocycles. The van der Waals surface area contributed by atoms with Crippen molar-refractivity contribution in [1.29, 1.82) is 5.26 Å². The Labute approximate surface area is 348 Å². The molecule has 14 nitrogen and oxygen atoms in total. The molecule has 0 aliphatic rings. The molecule has 0 saturated heterocycles. The molecular formula is C42H33Cl2N5O9S. The zero-order valence-corrected chi connectivity index (χ0v) is 33.6. The Kier molecular flexibility index (Phi) is 12.7. The largest absolute Gasteiger partial charge is 0.497 e. The summed E-state index contributed by atoms with van der Waals surface area (Å²) in [6.45, 7) is 1.88. The topological polar surface area (TPSA) is 200 Å². The Morgan fingerprint density at radius 1 is 0.898 bits per heavy atom. The van der Waals surface area contributed by atoms with E-state index < -0.39 is 43.4 Å². The van der Waals surface area contributed by atoms with E-state index in [0.717, 1.165) is 23.8 Å². The van der Waals surface area contributed by atoms with Crippen LogP contribution in [0.5, 0.6) is 11.5 Å². The third-order valence-corrected chi connectivity index (χ3v) is 11.3. The van der Waals surface area contributed by atoms with Gasteiger partial charge in [0.25, 0.3) is 27.5 Å². The summed E-state index contributed by atoms with van der Waals surface area (Å²) in [6.07, 6.45) is -0.522. The lowest BCUT2D eigenvalue weighted by atomic mass is 10.0. The van der Waals surface area contributed by atoms with Crippen molar-refractivity contribution in [2.75, 3.05) is 7.11 Å². The van der Waals surface area contributed by atoms with Gasteiger partial charge in [-0.3, -0.25) is 29.1 Å². The van der Waals surface area contributed by atoms with Crippen molar-refractivity contribution in [3.05, 3.63) is 163 Å². The second-order valence-electron chi connectivity index (χ2n) is 13.2. The highest BCUT2D eigenvalue weighted by molar-refractivity contribution is 7.90. The average molecular weight is 855 g/mol. The van der Waals surface area contributed by atoms with E-state index in [4.69, 9.17) is 37.9 Å². The first kappa shape index (κ1) is 41.9. The van der Waals surface area contributed by atoms with Crippen molar-refractivity contribution in [2.24, 2.45) is 0 Å². The van der Waals surface area contributed by atoms with Gasteiger partial charge in [0.1, 0.15) is 29.2 Å². The molecule has 0 unspecified atom stereocenters. The number of halogens is 2. The maximum absolute atomic E-state index is 14.0. The summed E-state index contributed by atoms with van der Waals surface area (Å²) >= 11 is 11.9. The summed E-state index contributed by atoms with van der Waals surface area (Å²) in [7, 11) is -3.23. The molecule has 2 amide bonds. The third-order valence-electron chi connectivity index (χ3n) is 9.34. The number of rotatable bonds is 14. The fourth-order valence-corrected chi connectivity index (χ4v) is 7.62. The molecule has 6 aromatic rings. The minimum atomic E-state index is -4.70. The Hall–Kier alpha value is -6.73. The summed E-state index contributed by atoms with van der Waals surface area (Å²) in [6, 6.07) is 28.2. The lowest BCUT2D eigenvalue weighted by Crippen LogP contribution is -2.50. The highest BCUT2D eigenvalue weighted by atomic mass is 35.5. The SMILES string of the molecule is COc1ccc2c(c1)c(CC(=O)N[C@@H](Cc1ccc(OCc3ccc(C#N)cc3)cc1)C(=O)NS(=O)(=O)c1ccc(Cl)c([N+](=O)[O-])c1)c(C)n2C(=O)c1ccc(Cl)cc1. The van der Waals surface area contributed by atoms with Gasteiger partial charge in [0.15, 0.2) is 0 Å². The Balaban J connectivity index is 1.28. The van der Waals surface area contributed by atoms with Crippen molar-refractivity contribution in [3.63, 3.8) is 0 Å². The van der Waals surface area contributed by atoms with E-state index in [2.05, 4.69) is 11.4 Å². The molecule has 1 atom stereocenters. The van der Waals surface area contributed by atoms with Crippen molar-refractivity contribution in [3.8, 4) is 17.6 Å². The minimum absolute atomic E-state index is 0.187. The first-order chi connectivity index (χ1) is 28.2. The number of methoxy groups -OCH3 is 1. The first-order valence-corrected chi connectivity index (χ1v) is 19.9. The van der Waals surface area contributed by atoms with Crippen LogP contribution in [-0.2, 0) is 39.1 Å². The number of benzene rings is 5. The van der Waals surface area contributed by atoms with Crippen LogP contribution in [0, 0.1) is 28.4 Å². The molecular weight excluding hydrogens is 821 g/mol. The van der Waals surface area contributed by atoms with Crippen molar-refractivity contribution < 1.29 is 37.2 Å². The molecule has 59 heavy (non-hydrogen) atoms. The minimum Gasteiger partial charge on any atom is -0.497 e. The molecule has 0 saturated carbocycles. The van der Waals surface area contributed by atoms with Crippen molar-refractivity contribution >= 4 is 67.5 Å². The van der Waals surface area contributed by atoms with Gasteiger partial charge in [-0.25, -0.2) is 13.1 Å². The van der Waals surface area contributed by atoms with Gasteiger partial charge < -0.3 is 14.8 Å². The Morgan fingerprint density at radius 3 is 2.20 bits per heavy atom. The molecule has 6 rings (SSSR count). The average Bonchev–Trinajstić information content (AvgIpc) is 3.49. The fourth-order valence-electron chi connectivity index (χ4n) is 6.27. The molecule has 300 valence electrons. The number of fused-ring (bicyclic) bond motifs is 1. The van der Waals surface area contributed by atoms with Gasteiger partial charge in [-0.15, -0.1) is 0 Å². The number of nitrogens with zero attached hydrogens (tertiary/aromatic N) is 3. The van der Waals surface area contributed by atoms with Crippen LogP contribution in [-0.4, -0.2) is 48.8 Å². The number of nitro groups is 1. The van der Waals surface area contributed by atoms with Gasteiger partial charge in [-0.2, -0.15) is 5.26 Å². The molecule has 0 aliphatic heterocycles. The van der Waals surface area contributed by atoms with Crippen molar-refractivity contribution in [2.45, 2.75) is 37.3 Å². The maximum atomic E-state index is 14.0. The number of nitrogens with one attached hydrogen (secondary N) is 2. The lowest BCUT2D eigenvalue weighted by molar-refractivity contribution is -0.384. The van der Waals surface area contributed by atoms with Crippen LogP contribution in [0.4, 0.5) is 5.69 Å². The van der Waals surface area contributed by atoms with Gasteiger partial charge in [-0.05, 0) is 102 Å². The summed E-state index contributed by atoms with van der Waals surface area (Å²) < 4.78 is 41.5. The molecule has 2 N–H and O–H groups in total. The highest BCUT2D eigenvalue weighted by Crippen LogP contribution is 2.31. The summed E-state index contributed by atoms with van der Waals surface area (Å²) in [5, 5.41) is 23.8. The molecule has 1 heterocycles. The van der Waals surface area contributed by atoms with E-state index in [1.165, 1.54) is 11.7 Å². The first-order valence-electron chi connectivity index (χ1n) is 17.7. The van der Waals surface area contributed by atoms with Gasteiger partial charge in [0.2, 0.25) is 5.91 Å².